The molecule has 4 nitrogen and oxygen atoms in total. The Labute approximate surface area is 120 Å². The van der Waals surface area contributed by atoms with Crippen LogP contribution in [-0.2, 0) is 4.74 Å². The second-order valence-corrected chi connectivity index (χ2v) is 5.14. The maximum atomic E-state index is 11.9. The van der Waals surface area contributed by atoms with Crippen molar-refractivity contribution in [2.45, 2.75) is 5.38 Å². The number of hydrogen-bond donors (Lipinski definition) is 1. The molecule has 1 N–H and O–H groups in total. The standard InChI is InChI=1S/C12H15BrClNO3/c1-17-7-9(14)6-15-12(16)10-4-3-8(13)5-11(10)18-2/h3-5,9H,6-7H2,1-2H3,(H,15,16). The molecule has 0 heterocycles. The summed E-state index contributed by atoms with van der Waals surface area (Å²) in [7, 11) is 3.09. The van der Waals surface area contributed by atoms with E-state index in [4.69, 9.17) is 21.1 Å². The first-order valence-corrected chi connectivity index (χ1v) is 6.56. The van der Waals surface area contributed by atoms with Gasteiger partial charge in [-0.15, -0.1) is 11.6 Å². The van der Waals surface area contributed by atoms with E-state index in [1.54, 1.807) is 25.3 Å². The summed E-state index contributed by atoms with van der Waals surface area (Å²) in [5.74, 6) is 0.292. The second kappa shape index (κ2) is 7.61. The van der Waals surface area contributed by atoms with E-state index in [9.17, 15) is 4.79 Å². The molecule has 0 saturated heterocycles. The van der Waals surface area contributed by atoms with Crippen molar-refractivity contribution < 1.29 is 14.3 Å². The lowest BCUT2D eigenvalue weighted by molar-refractivity contribution is 0.0946. The van der Waals surface area contributed by atoms with Crippen LogP contribution in [0.5, 0.6) is 5.75 Å². The van der Waals surface area contributed by atoms with E-state index in [0.29, 0.717) is 24.5 Å². The highest BCUT2D eigenvalue weighted by Crippen LogP contribution is 2.23. The van der Waals surface area contributed by atoms with Crippen LogP contribution in [0.25, 0.3) is 0 Å². The Kier molecular flexibility index (Phi) is 6.46. The maximum Gasteiger partial charge on any atom is 0.255 e. The van der Waals surface area contributed by atoms with Gasteiger partial charge in [0.2, 0.25) is 0 Å². The number of alkyl halides is 1. The zero-order chi connectivity index (χ0) is 13.5. The molecule has 6 heteroatoms. The van der Waals surface area contributed by atoms with Crippen molar-refractivity contribution in [3.63, 3.8) is 0 Å². The Morgan fingerprint density at radius 1 is 1.50 bits per heavy atom. The van der Waals surface area contributed by atoms with Crippen molar-refractivity contribution in [3.8, 4) is 5.75 Å². The van der Waals surface area contributed by atoms with Gasteiger partial charge in [-0.3, -0.25) is 4.79 Å². The SMILES string of the molecule is COCC(Cl)CNC(=O)c1ccc(Br)cc1OC. The van der Waals surface area contributed by atoms with E-state index < -0.39 is 0 Å². The molecule has 0 radical (unpaired) electrons. The summed E-state index contributed by atoms with van der Waals surface area (Å²) < 4.78 is 10.9. The number of amides is 1. The fourth-order valence-corrected chi connectivity index (χ4v) is 1.93. The number of nitrogens with one attached hydrogen (secondary N) is 1. The monoisotopic (exact) mass is 335 g/mol. The highest BCUT2D eigenvalue weighted by Gasteiger charge is 2.13. The molecule has 0 spiro atoms. The molecule has 0 bridgehead atoms. The van der Waals surface area contributed by atoms with Crippen molar-refractivity contribution in [2.75, 3.05) is 27.4 Å². The predicted octanol–water partition coefficient (Wildman–Crippen LogP) is 2.44. The van der Waals surface area contributed by atoms with Crippen molar-refractivity contribution in [1.82, 2.24) is 5.32 Å². The number of carbonyl (C=O) groups is 1. The van der Waals surface area contributed by atoms with Gasteiger partial charge < -0.3 is 14.8 Å². The van der Waals surface area contributed by atoms with Gasteiger partial charge in [-0.05, 0) is 18.2 Å². The average molecular weight is 337 g/mol. The molecule has 0 fully saturated rings. The molecule has 1 atom stereocenters. The normalized spacial score (nSPS) is 12.0. The van der Waals surface area contributed by atoms with Crippen molar-refractivity contribution in [3.05, 3.63) is 28.2 Å². The molecule has 18 heavy (non-hydrogen) atoms. The van der Waals surface area contributed by atoms with E-state index >= 15 is 0 Å². The number of halogens is 2. The smallest absolute Gasteiger partial charge is 0.255 e. The number of methoxy groups -OCH3 is 2. The van der Waals surface area contributed by atoms with Crippen molar-refractivity contribution in [1.29, 1.82) is 0 Å². The Morgan fingerprint density at radius 2 is 2.22 bits per heavy atom. The highest BCUT2D eigenvalue weighted by atomic mass is 79.9. The molecule has 0 aromatic heterocycles. The van der Waals surface area contributed by atoms with Crippen LogP contribution >= 0.6 is 27.5 Å². The third kappa shape index (κ3) is 4.48. The summed E-state index contributed by atoms with van der Waals surface area (Å²) in [4.78, 5) is 11.9. The van der Waals surface area contributed by atoms with Crippen molar-refractivity contribution in [2.24, 2.45) is 0 Å². The summed E-state index contributed by atoms with van der Waals surface area (Å²) in [6.07, 6.45) is 0. The van der Waals surface area contributed by atoms with Crippen LogP contribution in [0.3, 0.4) is 0 Å². The van der Waals surface area contributed by atoms with Gasteiger partial charge in [0.15, 0.2) is 0 Å². The Morgan fingerprint density at radius 3 is 2.83 bits per heavy atom. The first kappa shape index (κ1) is 15.3. The van der Waals surface area contributed by atoms with Crippen LogP contribution in [0.2, 0.25) is 0 Å². The lowest BCUT2D eigenvalue weighted by Gasteiger charge is -2.12. The third-order valence-electron chi connectivity index (χ3n) is 2.24. The largest absolute Gasteiger partial charge is 0.496 e. The van der Waals surface area contributed by atoms with Crippen LogP contribution in [0.15, 0.2) is 22.7 Å². The molecule has 1 rings (SSSR count). The number of ether oxygens (including phenoxy) is 2. The topological polar surface area (TPSA) is 47.6 Å². The molecule has 0 saturated carbocycles. The number of hydrogen-bond acceptors (Lipinski definition) is 3. The fraction of sp³-hybridized carbons (Fsp3) is 0.417. The predicted molar refractivity (Wildman–Crippen MR) is 74.5 cm³/mol. The minimum Gasteiger partial charge on any atom is -0.496 e. The van der Waals surface area contributed by atoms with Gasteiger partial charge in [0.05, 0.1) is 24.7 Å². The van der Waals surface area contributed by atoms with Gasteiger partial charge in [0, 0.05) is 18.1 Å². The molecule has 1 aromatic rings. The third-order valence-corrected chi connectivity index (χ3v) is 3.01. The van der Waals surface area contributed by atoms with E-state index in [1.165, 1.54) is 7.11 Å². The van der Waals surface area contributed by atoms with Gasteiger partial charge in [-0.25, -0.2) is 0 Å². The van der Waals surface area contributed by atoms with E-state index in [1.807, 2.05) is 0 Å². The fourth-order valence-electron chi connectivity index (χ4n) is 1.39. The molecular weight excluding hydrogens is 321 g/mol. The van der Waals surface area contributed by atoms with Gasteiger partial charge in [-0.1, -0.05) is 15.9 Å². The Bertz CT molecular complexity index is 414. The molecule has 1 unspecified atom stereocenters. The van der Waals surface area contributed by atoms with E-state index in [0.717, 1.165) is 4.47 Å². The van der Waals surface area contributed by atoms with Crippen LogP contribution in [0.4, 0.5) is 0 Å². The molecule has 0 aliphatic rings. The quantitative estimate of drug-likeness (QED) is 0.812. The zero-order valence-electron chi connectivity index (χ0n) is 10.2. The van der Waals surface area contributed by atoms with Gasteiger partial charge in [0.25, 0.3) is 5.91 Å². The number of rotatable bonds is 6. The van der Waals surface area contributed by atoms with E-state index in [-0.39, 0.29) is 11.3 Å². The van der Waals surface area contributed by atoms with Gasteiger partial charge >= 0.3 is 0 Å². The Balaban J connectivity index is 2.66. The van der Waals surface area contributed by atoms with Crippen molar-refractivity contribution >= 4 is 33.4 Å². The van der Waals surface area contributed by atoms with E-state index in [2.05, 4.69) is 21.2 Å². The van der Waals surface area contributed by atoms with Gasteiger partial charge in [-0.2, -0.15) is 0 Å². The molecule has 1 amide bonds. The first-order valence-electron chi connectivity index (χ1n) is 5.33. The first-order chi connectivity index (χ1) is 8.58. The lowest BCUT2D eigenvalue weighted by atomic mass is 10.2. The summed E-state index contributed by atoms with van der Waals surface area (Å²) >= 11 is 9.25. The van der Waals surface area contributed by atoms with Gasteiger partial charge in [0.1, 0.15) is 5.75 Å². The molecule has 1 aromatic carbocycles. The van der Waals surface area contributed by atoms with Crippen LogP contribution < -0.4 is 10.1 Å². The summed E-state index contributed by atoms with van der Waals surface area (Å²) in [6, 6.07) is 5.21. The summed E-state index contributed by atoms with van der Waals surface area (Å²) in [6.45, 7) is 0.729. The minimum absolute atomic E-state index is 0.221. The Hall–Kier alpha value is -0.780. The van der Waals surface area contributed by atoms with Crippen LogP contribution in [-0.4, -0.2) is 38.7 Å². The molecule has 0 aliphatic carbocycles. The molecule has 100 valence electrons. The molecular formula is C12H15BrClNO3. The summed E-state index contributed by atoms with van der Waals surface area (Å²) in [5.41, 5.74) is 0.474. The highest BCUT2D eigenvalue weighted by molar-refractivity contribution is 9.10. The van der Waals surface area contributed by atoms with Crippen LogP contribution in [0.1, 0.15) is 10.4 Å². The second-order valence-electron chi connectivity index (χ2n) is 3.61. The minimum atomic E-state index is -0.250. The maximum absolute atomic E-state index is 11.9. The lowest BCUT2D eigenvalue weighted by Crippen LogP contribution is -2.31. The zero-order valence-corrected chi connectivity index (χ0v) is 12.5. The van der Waals surface area contributed by atoms with Crippen LogP contribution in [0, 0.1) is 0 Å². The number of carbonyl (C=O) groups excluding carboxylic acids is 1. The molecule has 0 aliphatic heterocycles. The number of benzene rings is 1. The average Bonchev–Trinajstić information content (AvgIpc) is 2.36. The summed E-state index contributed by atoms with van der Waals surface area (Å²) in [5, 5.41) is 2.48.